The van der Waals surface area contributed by atoms with Crippen LogP contribution in [0.15, 0.2) is 22.7 Å². The van der Waals surface area contributed by atoms with Crippen LogP contribution in [0, 0.1) is 5.92 Å². The number of piperidine rings is 1. The van der Waals surface area contributed by atoms with Crippen LogP contribution in [-0.2, 0) is 11.2 Å². The minimum atomic E-state index is -0.498. The predicted octanol–water partition coefficient (Wildman–Crippen LogP) is 4.34. The lowest BCUT2D eigenvalue weighted by molar-refractivity contribution is 0.0636. The second-order valence-corrected chi connectivity index (χ2v) is 7.71. The lowest BCUT2D eigenvalue weighted by atomic mass is 9.92. The summed E-state index contributed by atoms with van der Waals surface area (Å²) in [4.78, 5) is 11.9. The number of hydrogen-bond acceptors (Lipinski definition) is 3. The summed E-state index contributed by atoms with van der Waals surface area (Å²) in [6.45, 7) is 7.77. The van der Waals surface area contributed by atoms with Crippen molar-refractivity contribution in [2.45, 2.75) is 45.6 Å². The number of benzene rings is 1. The maximum Gasteiger partial charge on any atom is 0.412 e. The zero-order valence-corrected chi connectivity index (χ0v) is 15.1. The van der Waals surface area contributed by atoms with Gasteiger partial charge in [-0.2, -0.15) is 0 Å². The summed E-state index contributed by atoms with van der Waals surface area (Å²) in [6.07, 6.45) is 3.11. The van der Waals surface area contributed by atoms with Crippen LogP contribution in [0.5, 0.6) is 0 Å². The SMILES string of the molecule is CC(C)(C)OC(=O)Nc1cc(CC2CCCNC2)ccc1Br. The van der Waals surface area contributed by atoms with Gasteiger partial charge in [0.2, 0.25) is 0 Å². The van der Waals surface area contributed by atoms with E-state index in [1.807, 2.05) is 32.9 Å². The first kappa shape index (κ1) is 17.3. The molecule has 4 nitrogen and oxygen atoms in total. The van der Waals surface area contributed by atoms with E-state index < -0.39 is 11.7 Å². The molecular weight excluding hydrogens is 344 g/mol. The fraction of sp³-hybridized carbons (Fsp3) is 0.588. The van der Waals surface area contributed by atoms with Gasteiger partial charge in [-0.05, 0) is 92.7 Å². The van der Waals surface area contributed by atoms with Gasteiger partial charge in [-0.3, -0.25) is 5.32 Å². The molecule has 1 aromatic carbocycles. The summed E-state index contributed by atoms with van der Waals surface area (Å²) in [7, 11) is 0. The normalized spacial score (nSPS) is 18.8. The molecule has 1 unspecified atom stereocenters. The van der Waals surface area contributed by atoms with Crippen LogP contribution < -0.4 is 10.6 Å². The molecule has 1 heterocycles. The molecule has 22 heavy (non-hydrogen) atoms. The number of carbonyl (C=O) groups is 1. The van der Waals surface area contributed by atoms with E-state index in [1.165, 1.54) is 18.4 Å². The van der Waals surface area contributed by atoms with E-state index >= 15 is 0 Å². The zero-order valence-electron chi connectivity index (χ0n) is 13.5. The molecule has 1 fully saturated rings. The van der Waals surface area contributed by atoms with Gasteiger partial charge in [-0.25, -0.2) is 4.79 Å². The summed E-state index contributed by atoms with van der Waals surface area (Å²) in [6, 6.07) is 6.12. The third-order valence-electron chi connectivity index (χ3n) is 3.59. The highest BCUT2D eigenvalue weighted by Crippen LogP contribution is 2.26. The standard InChI is InChI=1S/C17H25BrN2O2/c1-17(2,3)22-16(21)20-15-10-12(6-7-14(15)18)9-13-5-4-8-19-11-13/h6-7,10,13,19H,4-5,8-9,11H2,1-3H3,(H,20,21). The Balaban J connectivity index is 2.01. The van der Waals surface area contributed by atoms with E-state index in [0.717, 1.165) is 29.7 Å². The molecule has 0 saturated carbocycles. The monoisotopic (exact) mass is 368 g/mol. The van der Waals surface area contributed by atoms with Gasteiger partial charge in [0.05, 0.1) is 5.69 Å². The van der Waals surface area contributed by atoms with Crippen LogP contribution in [0.3, 0.4) is 0 Å². The summed E-state index contributed by atoms with van der Waals surface area (Å²) >= 11 is 3.48. The van der Waals surface area contributed by atoms with Gasteiger partial charge < -0.3 is 10.1 Å². The molecule has 2 N–H and O–H groups in total. The molecule has 1 aromatic rings. The third kappa shape index (κ3) is 5.61. The fourth-order valence-electron chi connectivity index (χ4n) is 2.64. The number of halogens is 1. The summed E-state index contributed by atoms with van der Waals surface area (Å²) in [5.41, 5.74) is 1.50. The highest BCUT2D eigenvalue weighted by molar-refractivity contribution is 9.10. The molecule has 5 heteroatoms. The number of carbonyl (C=O) groups excluding carboxylic acids is 1. The molecular formula is C17H25BrN2O2. The van der Waals surface area contributed by atoms with Gasteiger partial charge in [0.15, 0.2) is 0 Å². The van der Waals surface area contributed by atoms with E-state index in [0.29, 0.717) is 5.92 Å². The largest absolute Gasteiger partial charge is 0.444 e. The molecule has 0 aromatic heterocycles. The van der Waals surface area contributed by atoms with Crippen molar-refractivity contribution in [2.75, 3.05) is 18.4 Å². The van der Waals surface area contributed by atoms with E-state index in [-0.39, 0.29) is 0 Å². The van der Waals surface area contributed by atoms with Gasteiger partial charge in [0.25, 0.3) is 0 Å². The van der Waals surface area contributed by atoms with Crippen LogP contribution in [0.1, 0.15) is 39.2 Å². The maximum absolute atomic E-state index is 11.9. The molecule has 1 aliphatic rings. The zero-order chi connectivity index (χ0) is 16.2. The number of ether oxygens (including phenoxy) is 1. The number of nitrogens with one attached hydrogen (secondary N) is 2. The first-order valence-corrected chi connectivity index (χ1v) is 8.62. The minimum Gasteiger partial charge on any atom is -0.444 e. The van der Waals surface area contributed by atoms with E-state index in [9.17, 15) is 4.79 Å². The summed E-state index contributed by atoms with van der Waals surface area (Å²) < 4.78 is 6.17. The molecule has 1 atom stereocenters. The lowest BCUT2D eigenvalue weighted by Crippen LogP contribution is -2.30. The van der Waals surface area contributed by atoms with Crippen LogP contribution in [0.2, 0.25) is 0 Å². The second kappa shape index (κ2) is 7.47. The molecule has 0 radical (unpaired) electrons. The highest BCUT2D eigenvalue weighted by atomic mass is 79.9. The third-order valence-corrected chi connectivity index (χ3v) is 4.28. The van der Waals surface area contributed by atoms with E-state index in [4.69, 9.17) is 4.74 Å². The number of anilines is 1. The summed E-state index contributed by atoms with van der Waals surface area (Å²) in [5.74, 6) is 0.671. The van der Waals surface area contributed by atoms with Crippen molar-refractivity contribution in [1.29, 1.82) is 0 Å². The molecule has 0 bridgehead atoms. The molecule has 0 spiro atoms. The molecule has 1 aliphatic heterocycles. The van der Waals surface area contributed by atoms with Crippen molar-refractivity contribution in [3.63, 3.8) is 0 Å². The molecule has 122 valence electrons. The quantitative estimate of drug-likeness (QED) is 0.834. The molecule has 1 amide bonds. The maximum atomic E-state index is 11.9. The minimum absolute atomic E-state index is 0.426. The van der Waals surface area contributed by atoms with Crippen molar-refractivity contribution in [3.05, 3.63) is 28.2 Å². The Morgan fingerprint density at radius 1 is 1.45 bits per heavy atom. The van der Waals surface area contributed by atoms with E-state index in [2.05, 4.69) is 32.6 Å². The smallest absolute Gasteiger partial charge is 0.412 e. The van der Waals surface area contributed by atoms with E-state index in [1.54, 1.807) is 0 Å². The average molecular weight is 369 g/mol. The Bertz CT molecular complexity index is 520. The fourth-order valence-corrected chi connectivity index (χ4v) is 2.99. The second-order valence-electron chi connectivity index (χ2n) is 6.86. The van der Waals surface area contributed by atoms with Crippen molar-refractivity contribution in [2.24, 2.45) is 5.92 Å². The Kier molecular flexibility index (Phi) is 5.87. The predicted molar refractivity (Wildman–Crippen MR) is 93.3 cm³/mol. The van der Waals surface area contributed by atoms with Gasteiger partial charge in [-0.15, -0.1) is 0 Å². The van der Waals surface area contributed by atoms with Crippen molar-refractivity contribution in [1.82, 2.24) is 5.32 Å². The van der Waals surface area contributed by atoms with Crippen LogP contribution in [-0.4, -0.2) is 24.8 Å². The Morgan fingerprint density at radius 3 is 2.86 bits per heavy atom. The van der Waals surface area contributed by atoms with Crippen LogP contribution >= 0.6 is 15.9 Å². The molecule has 1 saturated heterocycles. The molecule has 0 aliphatic carbocycles. The van der Waals surface area contributed by atoms with Crippen molar-refractivity contribution in [3.8, 4) is 0 Å². The van der Waals surface area contributed by atoms with Crippen LogP contribution in [0.25, 0.3) is 0 Å². The molecule has 2 rings (SSSR count). The Hall–Kier alpha value is -1.07. The van der Waals surface area contributed by atoms with Gasteiger partial charge >= 0.3 is 6.09 Å². The van der Waals surface area contributed by atoms with Crippen LogP contribution in [0.4, 0.5) is 10.5 Å². The summed E-state index contributed by atoms with van der Waals surface area (Å²) in [5, 5.41) is 6.26. The first-order valence-electron chi connectivity index (χ1n) is 7.82. The number of amides is 1. The Labute approximate surface area is 141 Å². The van der Waals surface area contributed by atoms with Gasteiger partial charge in [0, 0.05) is 4.47 Å². The van der Waals surface area contributed by atoms with Crippen molar-refractivity contribution < 1.29 is 9.53 Å². The van der Waals surface area contributed by atoms with Crippen molar-refractivity contribution >= 4 is 27.7 Å². The number of rotatable bonds is 3. The highest BCUT2D eigenvalue weighted by Gasteiger charge is 2.18. The van der Waals surface area contributed by atoms with Gasteiger partial charge in [-0.1, -0.05) is 6.07 Å². The van der Waals surface area contributed by atoms with Gasteiger partial charge in [0.1, 0.15) is 5.60 Å². The Morgan fingerprint density at radius 2 is 2.23 bits per heavy atom. The topological polar surface area (TPSA) is 50.4 Å². The lowest BCUT2D eigenvalue weighted by Gasteiger charge is -2.23. The number of hydrogen-bond donors (Lipinski definition) is 2. The average Bonchev–Trinajstić information content (AvgIpc) is 2.41. The first-order chi connectivity index (χ1) is 10.3.